The highest BCUT2D eigenvalue weighted by Gasteiger charge is 1.96. The molecule has 0 aliphatic carbocycles. The van der Waals surface area contributed by atoms with E-state index < -0.39 is 0 Å². The van der Waals surface area contributed by atoms with Crippen molar-refractivity contribution in [3.63, 3.8) is 0 Å². The van der Waals surface area contributed by atoms with E-state index in [1.807, 2.05) is 13.8 Å². The van der Waals surface area contributed by atoms with Gasteiger partial charge in [0.1, 0.15) is 0 Å². The molecule has 5 heteroatoms. The van der Waals surface area contributed by atoms with Gasteiger partial charge < -0.3 is 10.9 Å². The van der Waals surface area contributed by atoms with Crippen LogP contribution in [0.1, 0.15) is 19.4 Å². The molecule has 0 saturated heterocycles. The molecule has 5 nitrogen and oxygen atoms in total. The number of nitrogens with two attached hydrogens (primary N) is 1. The van der Waals surface area contributed by atoms with Crippen LogP contribution in [0.15, 0.2) is 17.5 Å². The van der Waals surface area contributed by atoms with Gasteiger partial charge in [-0.25, -0.2) is 0 Å². The topological polar surface area (TPSA) is 87.3 Å². The van der Waals surface area contributed by atoms with Gasteiger partial charge in [0.25, 0.3) is 0 Å². The van der Waals surface area contributed by atoms with Crippen LogP contribution in [-0.2, 0) is 0 Å². The van der Waals surface area contributed by atoms with Gasteiger partial charge in [0.2, 0.25) is 0 Å². The molecule has 0 bridgehead atoms. The van der Waals surface area contributed by atoms with E-state index in [1.165, 1.54) is 12.4 Å². The number of rotatable bonds is 1. The fourth-order valence-corrected chi connectivity index (χ4v) is 0.449. The Morgan fingerprint density at radius 1 is 1.73 bits per heavy atom. The van der Waals surface area contributed by atoms with Gasteiger partial charge in [0, 0.05) is 6.20 Å². The largest absolute Gasteiger partial charge is 0.409 e. The molecule has 62 valence electrons. The second kappa shape index (κ2) is 5.28. The third kappa shape index (κ3) is 2.70. The van der Waals surface area contributed by atoms with Crippen LogP contribution >= 0.6 is 0 Å². The first-order chi connectivity index (χ1) is 5.34. The Morgan fingerprint density at radius 3 is 2.73 bits per heavy atom. The molecule has 1 aromatic heterocycles. The minimum atomic E-state index is 0.0590. The van der Waals surface area contributed by atoms with E-state index >= 15 is 0 Å². The Bertz CT molecular complexity index is 204. The lowest BCUT2D eigenvalue weighted by atomic mass is 10.3. The molecule has 0 unspecified atom stereocenters. The van der Waals surface area contributed by atoms with Gasteiger partial charge in [-0.15, -0.1) is 0 Å². The lowest BCUT2D eigenvalue weighted by molar-refractivity contribution is 0.318. The minimum absolute atomic E-state index is 0.0590. The number of hydrogen-bond acceptors (Lipinski definition) is 3. The Balaban J connectivity index is 0.000000461. The maximum Gasteiger partial charge on any atom is 0.173 e. The average molecular weight is 156 g/mol. The standard InChI is InChI=1S/C4H6N4O.C2H6/c5-4(8-9)3-1-6-7-2-3;1-2/h1-2,9H,(H2,5,8)(H,6,7);1-2H3. The first kappa shape index (κ1) is 9.48. The zero-order valence-electron chi connectivity index (χ0n) is 6.57. The lowest BCUT2D eigenvalue weighted by Crippen LogP contribution is -2.11. The summed E-state index contributed by atoms with van der Waals surface area (Å²) in [5.41, 5.74) is 5.76. The number of aromatic nitrogens is 2. The number of H-pyrrole nitrogens is 1. The maximum atomic E-state index is 8.13. The maximum absolute atomic E-state index is 8.13. The van der Waals surface area contributed by atoms with Gasteiger partial charge in [0.05, 0.1) is 11.8 Å². The number of hydrogen-bond donors (Lipinski definition) is 3. The molecule has 1 aromatic rings. The van der Waals surface area contributed by atoms with Crippen molar-refractivity contribution in [2.24, 2.45) is 10.9 Å². The predicted molar refractivity (Wildman–Crippen MR) is 42.4 cm³/mol. The summed E-state index contributed by atoms with van der Waals surface area (Å²) in [6.45, 7) is 4.00. The van der Waals surface area contributed by atoms with Crippen LogP contribution < -0.4 is 5.73 Å². The van der Waals surface area contributed by atoms with Crippen LogP contribution in [-0.4, -0.2) is 21.2 Å². The molecule has 0 amide bonds. The van der Waals surface area contributed by atoms with Gasteiger partial charge in [-0.3, -0.25) is 5.10 Å². The van der Waals surface area contributed by atoms with Crippen molar-refractivity contribution >= 4 is 5.84 Å². The molecule has 0 aliphatic heterocycles. The highest BCUT2D eigenvalue weighted by Crippen LogP contribution is 1.90. The summed E-state index contributed by atoms with van der Waals surface area (Å²) in [5.74, 6) is 0.0590. The molecular weight excluding hydrogens is 144 g/mol. The van der Waals surface area contributed by atoms with Crippen LogP contribution in [0.5, 0.6) is 0 Å². The molecule has 0 fully saturated rings. The summed E-state index contributed by atoms with van der Waals surface area (Å²) in [7, 11) is 0. The summed E-state index contributed by atoms with van der Waals surface area (Å²) in [4.78, 5) is 0. The van der Waals surface area contributed by atoms with Crippen molar-refractivity contribution in [3.8, 4) is 0 Å². The van der Waals surface area contributed by atoms with Crippen LogP contribution in [0.25, 0.3) is 0 Å². The van der Waals surface area contributed by atoms with Gasteiger partial charge >= 0.3 is 0 Å². The number of aromatic amines is 1. The zero-order valence-corrected chi connectivity index (χ0v) is 6.57. The Labute approximate surface area is 64.9 Å². The van der Waals surface area contributed by atoms with Gasteiger partial charge in [-0.05, 0) is 0 Å². The molecule has 4 N–H and O–H groups in total. The monoisotopic (exact) mass is 156 g/mol. The fourth-order valence-electron chi connectivity index (χ4n) is 0.449. The fraction of sp³-hybridized carbons (Fsp3) is 0.333. The Kier molecular flexibility index (Phi) is 4.55. The number of oxime groups is 1. The van der Waals surface area contributed by atoms with E-state index in [-0.39, 0.29) is 5.84 Å². The second-order valence-corrected chi connectivity index (χ2v) is 1.47. The van der Waals surface area contributed by atoms with E-state index in [0.717, 1.165) is 0 Å². The van der Waals surface area contributed by atoms with Crippen LogP contribution in [0.4, 0.5) is 0 Å². The average Bonchev–Trinajstić information content (AvgIpc) is 2.59. The first-order valence-corrected chi connectivity index (χ1v) is 3.31. The molecule has 0 atom stereocenters. The lowest BCUT2D eigenvalue weighted by Gasteiger charge is -1.86. The third-order valence-electron chi connectivity index (χ3n) is 0.902. The van der Waals surface area contributed by atoms with E-state index in [4.69, 9.17) is 10.9 Å². The second-order valence-electron chi connectivity index (χ2n) is 1.47. The Hall–Kier alpha value is -1.52. The molecule has 0 aromatic carbocycles. The zero-order chi connectivity index (χ0) is 8.69. The third-order valence-corrected chi connectivity index (χ3v) is 0.902. The molecule has 0 spiro atoms. The normalized spacial score (nSPS) is 10.2. The van der Waals surface area contributed by atoms with Crippen molar-refractivity contribution in [1.29, 1.82) is 0 Å². The van der Waals surface area contributed by atoms with E-state index in [1.54, 1.807) is 0 Å². The first-order valence-electron chi connectivity index (χ1n) is 3.31. The van der Waals surface area contributed by atoms with E-state index in [9.17, 15) is 0 Å². The number of nitrogens with zero attached hydrogens (tertiary/aromatic N) is 2. The smallest absolute Gasteiger partial charge is 0.173 e. The van der Waals surface area contributed by atoms with Crippen molar-refractivity contribution in [2.75, 3.05) is 0 Å². The minimum Gasteiger partial charge on any atom is -0.409 e. The van der Waals surface area contributed by atoms with Crippen LogP contribution in [0.3, 0.4) is 0 Å². The molecular formula is C6H12N4O. The molecule has 11 heavy (non-hydrogen) atoms. The molecule has 0 aliphatic rings. The van der Waals surface area contributed by atoms with Crippen molar-refractivity contribution in [3.05, 3.63) is 18.0 Å². The highest BCUT2D eigenvalue weighted by atomic mass is 16.4. The summed E-state index contributed by atoms with van der Waals surface area (Å²) >= 11 is 0. The van der Waals surface area contributed by atoms with E-state index in [0.29, 0.717) is 5.56 Å². The summed E-state index contributed by atoms with van der Waals surface area (Å²) in [6.07, 6.45) is 3.00. The van der Waals surface area contributed by atoms with Crippen molar-refractivity contribution < 1.29 is 5.21 Å². The quantitative estimate of drug-likeness (QED) is 0.240. The number of amidine groups is 1. The van der Waals surface area contributed by atoms with Crippen LogP contribution in [0, 0.1) is 0 Å². The van der Waals surface area contributed by atoms with Crippen molar-refractivity contribution in [1.82, 2.24) is 10.2 Å². The summed E-state index contributed by atoms with van der Waals surface area (Å²) < 4.78 is 0. The molecule has 1 rings (SSSR count). The van der Waals surface area contributed by atoms with Gasteiger partial charge in [-0.2, -0.15) is 5.10 Å². The molecule has 0 saturated carbocycles. The molecule has 0 radical (unpaired) electrons. The SMILES string of the molecule is CC.N/C(=N\O)c1cn[nH]c1. The Morgan fingerprint density at radius 2 is 2.36 bits per heavy atom. The summed E-state index contributed by atoms with van der Waals surface area (Å²) in [6, 6.07) is 0. The molecule has 1 heterocycles. The van der Waals surface area contributed by atoms with Crippen molar-refractivity contribution in [2.45, 2.75) is 13.8 Å². The highest BCUT2D eigenvalue weighted by molar-refractivity contribution is 5.96. The van der Waals surface area contributed by atoms with Crippen LogP contribution in [0.2, 0.25) is 0 Å². The van der Waals surface area contributed by atoms with Gasteiger partial charge in [-0.1, -0.05) is 19.0 Å². The van der Waals surface area contributed by atoms with E-state index in [2.05, 4.69) is 15.4 Å². The number of nitrogens with one attached hydrogen (secondary N) is 1. The summed E-state index contributed by atoms with van der Waals surface area (Å²) in [5, 5.41) is 17.0. The predicted octanol–water partition coefficient (Wildman–Crippen LogP) is 0.530. The van der Waals surface area contributed by atoms with Gasteiger partial charge in [0.15, 0.2) is 5.84 Å².